The lowest BCUT2D eigenvalue weighted by molar-refractivity contribution is -0.160. The minimum absolute atomic E-state index is 0.105. The fraction of sp³-hybridized carbons (Fsp3) is 0.724. The Morgan fingerprint density at radius 3 is 2.24 bits per heavy atom. The molecule has 1 aromatic rings. The van der Waals surface area contributed by atoms with Crippen molar-refractivity contribution in [3.8, 4) is 0 Å². The average molecular weight is 464 g/mol. The molecule has 7 rings (SSSR count). The van der Waals surface area contributed by atoms with Crippen LogP contribution in [0, 0.1) is 30.1 Å². The lowest BCUT2D eigenvalue weighted by atomic mass is 9.49. The normalized spacial score (nSPS) is 35.6. The highest BCUT2D eigenvalue weighted by atomic mass is 16.2. The van der Waals surface area contributed by atoms with Gasteiger partial charge in [0.25, 0.3) is 0 Å². The number of hydrogen-bond donors (Lipinski definition) is 1. The number of nitrogens with one attached hydrogen (secondary N) is 1. The Bertz CT molecular complexity index is 900. The summed E-state index contributed by atoms with van der Waals surface area (Å²) in [4.78, 5) is 31.8. The molecule has 6 fully saturated rings. The van der Waals surface area contributed by atoms with Crippen LogP contribution in [0.4, 0.5) is 0 Å². The first-order chi connectivity index (χ1) is 16.5. The van der Waals surface area contributed by atoms with Crippen molar-refractivity contribution in [1.82, 2.24) is 15.1 Å². The maximum Gasteiger partial charge on any atom is 0.243 e. The van der Waals surface area contributed by atoms with Gasteiger partial charge in [-0.1, -0.05) is 24.3 Å². The summed E-state index contributed by atoms with van der Waals surface area (Å²) in [5.41, 5.74) is 2.61. The van der Waals surface area contributed by atoms with Crippen LogP contribution in [0.25, 0.3) is 0 Å². The molecular formula is C29H41N3O2. The van der Waals surface area contributed by atoms with Crippen molar-refractivity contribution < 1.29 is 9.59 Å². The largest absolute Gasteiger partial charge is 0.351 e. The second kappa shape index (κ2) is 8.96. The summed E-state index contributed by atoms with van der Waals surface area (Å²) in [6.45, 7) is 5.97. The van der Waals surface area contributed by atoms with Gasteiger partial charge in [0.05, 0.1) is 5.41 Å². The highest BCUT2D eigenvalue weighted by Crippen LogP contribution is 2.60. The van der Waals surface area contributed by atoms with E-state index in [9.17, 15) is 9.59 Å². The minimum Gasteiger partial charge on any atom is -0.351 e. The SMILES string of the molecule is Cc1ccccc1CN1CCC(NC(=O)C2CCCN2C(=O)C23CC4CC(CC(C4)C2)C3)CC1. The summed E-state index contributed by atoms with van der Waals surface area (Å²) in [5.74, 6) is 2.71. The van der Waals surface area contributed by atoms with Gasteiger partial charge in [0, 0.05) is 32.2 Å². The molecule has 5 nitrogen and oxygen atoms in total. The average Bonchev–Trinajstić information content (AvgIpc) is 3.30. The molecule has 2 heterocycles. The molecule has 4 saturated carbocycles. The van der Waals surface area contributed by atoms with E-state index in [4.69, 9.17) is 0 Å². The maximum atomic E-state index is 13.9. The number of amides is 2. The van der Waals surface area contributed by atoms with Crippen molar-refractivity contribution in [3.05, 3.63) is 35.4 Å². The Kier molecular flexibility index (Phi) is 5.95. The van der Waals surface area contributed by atoms with E-state index in [-0.39, 0.29) is 23.4 Å². The zero-order valence-corrected chi connectivity index (χ0v) is 20.8. The summed E-state index contributed by atoms with van der Waals surface area (Å²) in [6.07, 6.45) is 11.1. The van der Waals surface area contributed by atoms with Crippen molar-refractivity contribution in [2.24, 2.45) is 23.2 Å². The topological polar surface area (TPSA) is 52.7 Å². The summed E-state index contributed by atoms with van der Waals surface area (Å²) in [6, 6.07) is 8.61. The van der Waals surface area contributed by atoms with Gasteiger partial charge in [0.15, 0.2) is 0 Å². The van der Waals surface area contributed by atoms with Crippen LogP contribution in [0.15, 0.2) is 24.3 Å². The molecule has 184 valence electrons. The number of hydrogen-bond acceptors (Lipinski definition) is 3. The van der Waals surface area contributed by atoms with Gasteiger partial charge in [-0.2, -0.15) is 0 Å². The molecule has 0 spiro atoms. The second-order valence-corrected chi connectivity index (χ2v) is 12.3. The van der Waals surface area contributed by atoms with Crippen molar-refractivity contribution in [2.75, 3.05) is 19.6 Å². The standard InChI is InChI=1S/C29H41N3O2/c1-20-5-2-3-6-24(20)19-31-11-8-25(9-12-31)30-27(33)26-7-4-10-32(26)28(34)29-16-21-13-22(17-29)15-23(14-21)18-29/h2-3,5-6,21-23,25-26H,4,7-19H2,1H3,(H,30,33). The molecule has 6 aliphatic rings. The predicted molar refractivity (Wildman–Crippen MR) is 133 cm³/mol. The Morgan fingerprint density at radius 1 is 0.941 bits per heavy atom. The number of rotatable bonds is 5. The smallest absolute Gasteiger partial charge is 0.243 e. The number of piperidine rings is 1. The third-order valence-electron chi connectivity index (χ3n) is 9.90. The van der Waals surface area contributed by atoms with E-state index < -0.39 is 0 Å². The van der Waals surface area contributed by atoms with Crippen molar-refractivity contribution >= 4 is 11.8 Å². The predicted octanol–water partition coefficient (Wildman–Crippen LogP) is 4.28. The molecule has 5 heteroatoms. The van der Waals surface area contributed by atoms with Crippen molar-refractivity contribution in [2.45, 2.75) is 89.8 Å². The lowest BCUT2D eigenvalue weighted by Gasteiger charge is -2.56. The molecule has 1 N–H and O–H groups in total. The van der Waals surface area contributed by atoms with Gasteiger partial charge < -0.3 is 10.2 Å². The third-order valence-corrected chi connectivity index (χ3v) is 9.90. The van der Waals surface area contributed by atoms with Gasteiger partial charge in [0.1, 0.15) is 6.04 Å². The molecule has 4 aliphatic carbocycles. The molecule has 2 saturated heterocycles. The van der Waals surface area contributed by atoms with Crippen LogP contribution in [0.1, 0.15) is 75.3 Å². The molecule has 0 aromatic heterocycles. The summed E-state index contributed by atoms with van der Waals surface area (Å²) in [5, 5.41) is 3.36. The molecular weight excluding hydrogens is 422 g/mol. The van der Waals surface area contributed by atoms with Crippen molar-refractivity contribution in [1.29, 1.82) is 0 Å². The van der Waals surface area contributed by atoms with E-state index >= 15 is 0 Å². The van der Waals surface area contributed by atoms with Crippen LogP contribution in [0.5, 0.6) is 0 Å². The number of benzene rings is 1. The number of nitrogens with zero attached hydrogens (tertiary/aromatic N) is 2. The molecule has 4 bridgehead atoms. The van der Waals surface area contributed by atoms with E-state index in [0.717, 1.165) is 88.9 Å². The Hall–Kier alpha value is -1.88. The second-order valence-electron chi connectivity index (χ2n) is 12.3. The Balaban J connectivity index is 1.04. The monoisotopic (exact) mass is 463 g/mol. The number of carbonyl (C=O) groups excluding carboxylic acids is 2. The summed E-state index contributed by atoms with van der Waals surface area (Å²) >= 11 is 0. The summed E-state index contributed by atoms with van der Waals surface area (Å²) < 4.78 is 0. The van der Waals surface area contributed by atoms with Gasteiger partial charge >= 0.3 is 0 Å². The van der Waals surface area contributed by atoms with Gasteiger partial charge in [-0.15, -0.1) is 0 Å². The number of aryl methyl sites for hydroxylation is 1. The molecule has 1 atom stereocenters. The molecule has 2 amide bonds. The third kappa shape index (κ3) is 4.19. The molecule has 1 unspecified atom stereocenters. The fourth-order valence-electron chi connectivity index (χ4n) is 8.52. The van der Waals surface area contributed by atoms with Crippen LogP contribution in [-0.2, 0) is 16.1 Å². The van der Waals surface area contributed by atoms with E-state index in [1.807, 2.05) is 4.90 Å². The first-order valence-electron chi connectivity index (χ1n) is 13.9. The van der Waals surface area contributed by atoms with E-state index in [0.29, 0.717) is 5.91 Å². The van der Waals surface area contributed by atoms with Gasteiger partial charge in [0.2, 0.25) is 11.8 Å². The molecule has 34 heavy (non-hydrogen) atoms. The molecule has 2 aliphatic heterocycles. The van der Waals surface area contributed by atoms with Gasteiger partial charge in [-0.05, 0) is 100 Å². The molecule has 1 aromatic carbocycles. The number of likely N-dealkylation sites (tertiary alicyclic amines) is 2. The quantitative estimate of drug-likeness (QED) is 0.709. The first-order valence-corrected chi connectivity index (χ1v) is 13.9. The zero-order chi connectivity index (χ0) is 23.3. The van der Waals surface area contributed by atoms with Crippen LogP contribution in [-0.4, -0.2) is 53.3 Å². The highest BCUT2D eigenvalue weighted by molar-refractivity contribution is 5.91. The van der Waals surface area contributed by atoms with E-state index in [2.05, 4.69) is 41.4 Å². The maximum absolute atomic E-state index is 13.9. The van der Waals surface area contributed by atoms with Crippen LogP contribution in [0.2, 0.25) is 0 Å². The van der Waals surface area contributed by atoms with Gasteiger partial charge in [-0.25, -0.2) is 0 Å². The summed E-state index contributed by atoms with van der Waals surface area (Å²) in [7, 11) is 0. The van der Waals surface area contributed by atoms with E-state index in [1.54, 1.807) is 0 Å². The van der Waals surface area contributed by atoms with Crippen LogP contribution >= 0.6 is 0 Å². The Morgan fingerprint density at radius 2 is 1.59 bits per heavy atom. The Labute approximate surface area is 204 Å². The van der Waals surface area contributed by atoms with Crippen molar-refractivity contribution in [3.63, 3.8) is 0 Å². The number of carbonyl (C=O) groups is 2. The zero-order valence-electron chi connectivity index (χ0n) is 20.8. The first kappa shape index (κ1) is 22.6. The lowest BCUT2D eigenvalue weighted by Crippen LogP contribution is -2.58. The van der Waals surface area contributed by atoms with Crippen LogP contribution < -0.4 is 5.32 Å². The van der Waals surface area contributed by atoms with Crippen LogP contribution in [0.3, 0.4) is 0 Å². The molecule has 0 radical (unpaired) electrons. The highest BCUT2D eigenvalue weighted by Gasteiger charge is 2.56. The fourth-order valence-corrected chi connectivity index (χ4v) is 8.52. The van der Waals surface area contributed by atoms with Gasteiger partial charge in [-0.3, -0.25) is 14.5 Å². The van der Waals surface area contributed by atoms with E-state index in [1.165, 1.54) is 30.4 Å². The minimum atomic E-state index is -0.245.